The van der Waals surface area contributed by atoms with Crippen molar-refractivity contribution < 1.29 is 14.3 Å². The van der Waals surface area contributed by atoms with Gasteiger partial charge in [0, 0.05) is 67.6 Å². The molecule has 2 fully saturated rings. The largest absolute Gasteiger partial charge is 0.379 e. The summed E-state index contributed by atoms with van der Waals surface area (Å²) in [5, 5.41) is 13.6. The number of carbonyl (C=O) groups is 2. The van der Waals surface area contributed by atoms with Crippen LogP contribution in [-0.4, -0.2) is 71.7 Å². The van der Waals surface area contributed by atoms with Gasteiger partial charge in [0.1, 0.15) is 17.9 Å². The molecule has 9 heteroatoms. The zero-order valence-electron chi connectivity index (χ0n) is 22.3. The highest BCUT2D eigenvalue weighted by atomic mass is 16.5. The zero-order chi connectivity index (χ0) is 27.0. The number of benzene rings is 1. The molecule has 2 atom stereocenters. The minimum absolute atomic E-state index is 0.0749. The maximum absolute atomic E-state index is 12.3. The van der Waals surface area contributed by atoms with Crippen LogP contribution in [0.2, 0.25) is 0 Å². The summed E-state index contributed by atoms with van der Waals surface area (Å²) >= 11 is 0. The number of hydrogen-bond donors (Lipinski definition) is 3. The summed E-state index contributed by atoms with van der Waals surface area (Å²) in [6.07, 6.45) is 8.61. The van der Waals surface area contributed by atoms with E-state index in [0.717, 1.165) is 61.6 Å². The first-order valence-electron chi connectivity index (χ1n) is 13.7. The topological polar surface area (TPSA) is 112 Å². The van der Waals surface area contributed by atoms with E-state index in [4.69, 9.17) is 4.74 Å². The molecule has 1 unspecified atom stereocenters. The number of carbonyl (C=O) groups excluding carboxylic acids is 2. The minimum atomic E-state index is -0.255. The number of hydrogen-bond acceptors (Lipinski definition) is 7. The van der Waals surface area contributed by atoms with Crippen LogP contribution in [0.4, 0.5) is 11.6 Å². The Kier molecular flexibility index (Phi) is 8.80. The molecule has 2 aliphatic rings. The fraction of sp³-hybridized carbons (Fsp3) is 0.400. The summed E-state index contributed by atoms with van der Waals surface area (Å²) in [5.74, 6) is 1.55. The van der Waals surface area contributed by atoms with Crippen LogP contribution in [0.25, 0.3) is 11.1 Å². The molecule has 39 heavy (non-hydrogen) atoms. The van der Waals surface area contributed by atoms with Gasteiger partial charge >= 0.3 is 0 Å². The molecule has 1 aromatic carbocycles. The predicted octanol–water partition coefficient (Wildman–Crippen LogP) is 4.21. The third-order valence-corrected chi connectivity index (χ3v) is 7.34. The smallest absolute Gasteiger partial charge is 0.249 e. The van der Waals surface area contributed by atoms with Gasteiger partial charge < -0.3 is 20.2 Å². The number of amides is 1. The first-order valence-corrected chi connectivity index (χ1v) is 13.7. The Morgan fingerprint density at radius 3 is 2.74 bits per heavy atom. The summed E-state index contributed by atoms with van der Waals surface area (Å²) in [4.78, 5) is 31.0. The number of aldehydes is 1. The van der Waals surface area contributed by atoms with Crippen molar-refractivity contribution in [1.29, 1.82) is 0 Å². The SMILES string of the molecule is C[C@H](CNc1cc(C2CC2)[nH]n1)C(C=O)c1cccc(-c2ccc(NC(=O)/C=C/CN3CCOCC3)nc2)c1. The Balaban J connectivity index is 1.16. The molecule has 1 saturated carbocycles. The molecule has 3 heterocycles. The van der Waals surface area contributed by atoms with Gasteiger partial charge in [0.2, 0.25) is 5.91 Å². The van der Waals surface area contributed by atoms with E-state index in [2.05, 4.69) is 43.7 Å². The molecular weight excluding hydrogens is 492 g/mol. The molecule has 1 aliphatic carbocycles. The van der Waals surface area contributed by atoms with Crippen molar-refractivity contribution in [2.75, 3.05) is 50.0 Å². The van der Waals surface area contributed by atoms with E-state index in [-0.39, 0.29) is 17.7 Å². The lowest BCUT2D eigenvalue weighted by Gasteiger charge is -2.24. The third-order valence-electron chi connectivity index (χ3n) is 7.34. The van der Waals surface area contributed by atoms with E-state index < -0.39 is 0 Å². The molecule has 5 rings (SSSR count). The number of H-pyrrole nitrogens is 1. The van der Waals surface area contributed by atoms with E-state index >= 15 is 0 Å². The quantitative estimate of drug-likeness (QED) is 0.239. The number of anilines is 2. The van der Waals surface area contributed by atoms with E-state index in [1.807, 2.05) is 36.4 Å². The van der Waals surface area contributed by atoms with Gasteiger partial charge in [0.25, 0.3) is 0 Å². The molecule has 2 aromatic heterocycles. The molecule has 1 saturated heterocycles. The van der Waals surface area contributed by atoms with Crippen LogP contribution in [0.5, 0.6) is 0 Å². The number of pyridine rings is 1. The molecule has 3 aromatic rings. The van der Waals surface area contributed by atoms with Crippen molar-refractivity contribution >= 4 is 23.8 Å². The first kappa shape index (κ1) is 26.8. The number of aromatic nitrogens is 3. The number of rotatable bonds is 12. The Morgan fingerprint density at radius 2 is 2.00 bits per heavy atom. The first-order chi connectivity index (χ1) is 19.1. The molecular formula is C30H36N6O3. The monoisotopic (exact) mass is 528 g/mol. The van der Waals surface area contributed by atoms with Crippen LogP contribution >= 0.6 is 0 Å². The lowest BCUT2D eigenvalue weighted by Crippen LogP contribution is -2.36. The second-order valence-corrected chi connectivity index (χ2v) is 10.4. The highest BCUT2D eigenvalue weighted by Gasteiger charge is 2.26. The summed E-state index contributed by atoms with van der Waals surface area (Å²) in [7, 11) is 0. The van der Waals surface area contributed by atoms with E-state index in [1.165, 1.54) is 18.5 Å². The summed E-state index contributed by atoms with van der Waals surface area (Å²) in [6.45, 7) is 6.66. The Morgan fingerprint density at radius 1 is 1.15 bits per heavy atom. The molecule has 9 nitrogen and oxygen atoms in total. The van der Waals surface area contributed by atoms with E-state index in [0.29, 0.717) is 18.3 Å². The van der Waals surface area contributed by atoms with Gasteiger partial charge in [0.15, 0.2) is 0 Å². The third kappa shape index (κ3) is 7.40. The van der Waals surface area contributed by atoms with Crippen molar-refractivity contribution in [3.05, 3.63) is 72.1 Å². The Bertz CT molecular complexity index is 1280. The second-order valence-electron chi connectivity index (χ2n) is 10.4. The Labute approximate surface area is 229 Å². The van der Waals surface area contributed by atoms with Crippen LogP contribution in [0, 0.1) is 5.92 Å². The van der Waals surface area contributed by atoms with Crippen molar-refractivity contribution in [3.63, 3.8) is 0 Å². The molecule has 204 valence electrons. The van der Waals surface area contributed by atoms with Gasteiger partial charge in [-0.15, -0.1) is 0 Å². The fourth-order valence-corrected chi connectivity index (χ4v) is 4.79. The van der Waals surface area contributed by atoms with Crippen LogP contribution in [0.15, 0.2) is 60.8 Å². The van der Waals surface area contributed by atoms with Gasteiger partial charge in [-0.25, -0.2) is 4.98 Å². The molecule has 3 N–H and O–H groups in total. The Hall–Kier alpha value is -3.82. The summed E-state index contributed by atoms with van der Waals surface area (Å²) in [5.41, 5.74) is 4.03. The number of morpholine rings is 1. The van der Waals surface area contributed by atoms with Crippen molar-refractivity contribution in [2.24, 2.45) is 5.92 Å². The standard InChI is InChI=1S/C30H36N6O3/c1-21(18-31-29-17-27(34-35-29)22-7-8-22)26(20-37)24-5-2-4-23(16-24)25-9-10-28(32-19-25)33-30(38)6-3-11-36-12-14-39-15-13-36/h2-6,9-10,16-17,19-22,26H,7-8,11-15,18H2,1H3,(H2,31,34,35)(H,32,33,38)/b6-3+/t21-,26?/m1/s1. The van der Waals surface area contributed by atoms with Crippen molar-refractivity contribution in [2.45, 2.75) is 31.6 Å². The fourth-order valence-electron chi connectivity index (χ4n) is 4.79. The van der Waals surface area contributed by atoms with Crippen LogP contribution in [-0.2, 0) is 14.3 Å². The van der Waals surface area contributed by atoms with Crippen LogP contribution in [0.3, 0.4) is 0 Å². The maximum atomic E-state index is 12.3. The number of aromatic amines is 1. The van der Waals surface area contributed by atoms with Crippen molar-refractivity contribution in [3.8, 4) is 11.1 Å². The molecule has 0 spiro atoms. The lowest BCUT2D eigenvalue weighted by atomic mass is 9.87. The van der Waals surface area contributed by atoms with Crippen LogP contribution in [0.1, 0.15) is 42.9 Å². The minimum Gasteiger partial charge on any atom is -0.379 e. The number of nitrogens with zero attached hydrogens (tertiary/aromatic N) is 3. The van der Waals surface area contributed by atoms with Gasteiger partial charge in [-0.05, 0) is 42.0 Å². The van der Waals surface area contributed by atoms with Gasteiger partial charge in [-0.1, -0.05) is 37.3 Å². The predicted molar refractivity (Wildman–Crippen MR) is 152 cm³/mol. The van der Waals surface area contributed by atoms with Crippen LogP contribution < -0.4 is 10.6 Å². The second kappa shape index (κ2) is 12.8. The number of nitrogens with one attached hydrogen (secondary N) is 3. The van der Waals surface area contributed by atoms with Gasteiger partial charge in [-0.2, -0.15) is 5.10 Å². The lowest BCUT2D eigenvalue weighted by molar-refractivity contribution is -0.112. The number of ether oxygens (including phenoxy) is 1. The van der Waals surface area contributed by atoms with Gasteiger partial charge in [-0.3, -0.25) is 14.8 Å². The average Bonchev–Trinajstić information content (AvgIpc) is 3.71. The molecule has 1 aliphatic heterocycles. The average molecular weight is 529 g/mol. The normalized spacial score (nSPS) is 17.6. The van der Waals surface area contributed by atoms with E-state index in [1.54, 1.807) is 18.3 Å². The summed E-state index contributed by atoms with van der Waals surface area (Å²) < 4.78 is 5.34. The highest BCUT2D eigenvalue weighted by Crippen LogP contribution is 2.39. The van der Waals surface area contributed by atoms with E-state index in [9.17, 15) is 9.59 Å². The maximum Gasteiger partial charge on any atom is 0.249 e. The summed E-state index contributed by atoms with van der Waals surface area (Å²) in [6, 6.07) is 13.8. The highest BCUT2D eigenvalue weighted by molar-refractivity contribution is 5.98. The van der Waals surface area contributed by atoms with Gasteiger partial charge in [0.05, 0.1) is 13.2 Å². The molecule has 0 radical (unpaired) electrons. The van der Waals surface area contributed by atoms with Crippen molar-refractivity contribution in [1.82, 2.24) is 20.1 Å². The zero-order valence-corrected chi connectivity index (χ0v) is 22.3. The molecule has 0 bridgehead atoms. The molecule has 1 amide bonds.